The Morgan fingerprint density at radius 2 is 1.73 bits per heavy atom. The largest absolute Gasteiger partial charge is 0.349 e. The summed E-state index contributed by atoms with van der Waals surface area (Å²) >= 11 is 5.80. The summed E-state index contributed by atoms with van der Waals surface area (Å²) in [5.74, 6) is -2.34. The molecule has 4 amide bonds. The highest BCUT2D eigenvalue weighted by Crippen LogP contribution is 2.27. The molecule has 0 spiro atoms. The molecule has 0 radical (unpaired) electrons. The summed E-state index contributed by atoms with van der Waals surface area (Å²) in [6.07, 6.45) is 4.28. The second kappa shape index (κ2) is 12.3. The summed E-state index contributed by atoms with van der Waals surface area (Å²) in [6.45, 7) is 1.38. The Kier molecular flexibility index (Phi) is 9.41. The average Bonchev–Trinajstić information content (AvgIpc) is 3.33. The monoisotopic (exact) mass is 549 g/mol. The van der Waals surface area contributed by atoms with Crippen LogP contribution in [0.25, 0.3) is 0 Å². The predicted octanol–water partition coefficient (Wildman–Crippen LogP) is 1.27. The van der Waals surface area contributed by atoms with Gasteiger partial charge in [0.1, 0.15) is 11.5 Å². The van der Waals surface area contributed by atoms with Crippen LogP contribution in [0.4, 0.5) is 5.82 Å². The van der Waals surface area contributed by atoms with Gasteiger partial charge in [-0.3, -0.25) is 24.2 Å². The third-order valence-corrected chi connectivity index (χ3v) is 6.62. The van der Waals surface area contributed by atoms with Gasteiger partial charge in [0.15, 0.2) is 0 Å². The molecule has 1 saturated carbocycles. The van der Waals surface area contributed by atoms with Gasteiger partial charge in [0, 0.05) is 51.5 Å². The Labute approximate surface area is 225 Å². The fourth-order valence-corrected chi connectivity index (χ4v) is 4.61. The smallest absolute Gasteiger partial charge is 0.314 e. The summed E-state index contributed by atoms with van der Waals surface area (Å²) in [4.78, 5) is 60.5. The van der Waals surface area contributed by atoms with Crippen LogP contribution < -0.4 is 21.3 Å². The van der Waals surface area contributed by atoms with E-state index in [9.17, 15) is 19.2 Å². The highest BCUT2D eigenvalue weighted by molar-refractivity contribution is 6.39. The number of carbonyl (C=O) groups is 4. The van der Waals surface area contributed by atoms with Gasteiger partial charge in [-0.1, -0.05) is 11.6 Å². The number of halogens is 2. The Hall–Kier alpha value is -3.28. The van der Waals surface area contributed by atoms with Crippen LogP contribution in [0.2, 0.25) is 5.02 Å². The van der Waals surface area contributed by atoms with Gasteiger partial charge in [0.25, 0.3) is 5.91 Å². The lowest BCUT2D eigenvalue weighted by Gasteiger charge is -2.37. The molecule has 13 heteroatoms. The fourth-order valence-electron chi connectivity index (χ4n) is 4.50. The molecule has 2 aromatic rings. The van der Waals surface area contributed by atoms with Crippen molar-refractivity contribution in [2.75, 3.05) is 19.4 Å². The van der Waals surface area contributed by atoms with Gasteiger partial charge in [0.2, 0.25) is 5.91 Å². The van der Waals surface area contributed by atoms with Gasteiger partial charge in [-0.2, -0.15) is 0 Å². The number of amides is 4. The van der Waals surface area contributed by atoms with Gasteiger partial charge in [-0.25, -0.2) is 4.98 Å². The second-order valence-corrected chi connectivity index (χ2v) is 9.60. The van der Waals surface area contributed by atoms with Crippen LogP contribution >= 0.6 is 24.0 Å². The van der Waals surface area contributed by atoms with Crippen molar-refractivity contribution < 1.29 is 19.2 Å². The van der Waals surface area contributed by atoms with Crippen molar-refractivity contribution in [3.63, 3.8) is 0 Å². The van der Waals surface area contributed by atoms with E-state index in [1.54, 1.807) is 32.4 Å². The molecule has 1 fully saturated rings. The Balaban J connectivity index is 0.00000380. The Morgan fingerprint density at radius 3 is 2.43 bits per heavy atom. The molecule has 0 unspecified atom stereocenters. The van der Waals surface area contributed by atoms with Crippen molar-refractivity contribution >= 4 is 53.5 Å². The summed E-state index contributed by atoms with van der Waals surface area (Å²) in [7, 11) is 3.36. The van der Waals surface area contributed by atoms with Gasteiger partial charge >= 0.3 is 11.8 Å². The molecule has 37 heavy (non-hydrogen) atoms. The van der Waals surface area contributed by atoms with Gasteiger partial charge in [0.05, 0.1) is 11.1 Å². The number of hydrogen-bond acceptors (Lipinski definition) is 7. The molecule has 0 saturated heterocycles. The SMILES string of the molecule is CN(C)C(=O)[C@H]1CC[C@H](NC(=O)C(=O)Nc2ccc(Cl)cn2)[C@H](NC(=O)c2cc3c(cn2)CNC3)C1.Cl. The lowest BCUT2D eigenvalue weighted by molar-refractivity contribution is -0.137. The van der Waals surface area contributed by atoms with Gasteiger partial charge in [-0.05, 0) is 48.6 Å². The normalized spacial score (nSPS) is 20.1. The molecule has 0 aromatic carbocycles. The van der Waals surface area contributed by atoms with E-state index in [4.69, 9.17) is 11.6 Å². The molecule has 2 aromatic heterocycles. The molecule has 4 rings (SSSR count). The maximum absolute atomic E-state index is 13.1. The van der Waals surface area contributed by atoms with E-state index < -0.39 is 29.8 Å². The minimum absolute atomic E-state index is 0. The van der Waals surface area contributed by atoms with Crippen molar-refractivity contribution in [1.29, 1.82) is 0 Å². The fraction of sp³-hybridized carbons (Fsp3) is 0.417. The van der Waals surface area contributed by atoms with Crippen LogP contribution in [0.5, 0.6) is 0 Å². The summed E-state index contributed by atoms with van der Waals surface area (Å²) in [5.41, 5.74) is 2.32. The zero-order valence-corrected chi connectivity index (χ0v) is 22.0. The van der Waals surface area contributed by atoms with E-state index >= 15 is 0 Å². The topological polar surface area (TPSA) is 145 Å². The van der Waals surface area contributed by atoms with E-state index in [0.717, 1.165) is 11.1 Å². The molecule has 11 nitrogen and oxygen atoms in total. The molecule has 2 aliphatic rings. The van der Waals surface area contributed by atoms with E-state index in [1.165, 1.54) is 17.2 Å². The van der Waals surface area contributed by atoms with Crippen molar-refractivity contribution in [2.24, 2.45) is 5.92 Å². The zero-order chi connectivity index (χ0) is 25.8. The lowest BCUT2D eigenvalue weighted by atomic mass is 9.81. The second-order valence-electron chi connectivity index (χ2n) is 9.16. The van der Waals surface area contributed by atoms with E-state index in [2.05, 4.69) is 31.2 Å². The van der Waals surface area contributed by atoms with Crippen molar-refractivity contribution in [1.82, 2.24) is 30.8 Å². The third-order valence-electron chi connectivity index (χ3n) is 6.39. The first-order valence-electron chi connectivity index (χ1n) is 11.6. The average molecular weight is 550 g/mol. The van der Waals surface area contributed by atoms with Crippen LogP contribution in [0.1, 0.15) is 40.9 Å². The van der Waals surface area contributed by atoms with Crippen LogP contribution in [0.15, 0.2) is 30.6 Å². The van der Waals surface area contributed by atoms with Crippen molar-refractivity contribution in [3.8, 4) is 0 Å². The number of rotatable bonds is 5. The highest BCUT2D eigenvalue weighted by atomic mass is 35.5. The number of hydrogen-bond donors (Lipinski definition) is 4. The van der Waals surface area contributed by atoms with Crippen LogP contribution in [-0.2, 0) is 27.5 Å². The molecule has 1 aliphatic carbocycles. The molecule has 3 heterocycles. The summed E-state index contributed by atoms with van der Waals surface area (Å²) in [6, 6.07) is 3.65. The van der Waals surface area contributed by atoms with Gasteiger partial charge in [-0.15, -0.1) is 12.4 Å². The van der Waals surface area contributed by atoms with E-state index in [-0.39, 0.29) is 35.7 Å². The van der Waals surface area contributed by atoms with Crippen LogP contribution in [0, 0.1) is 5.92 Å². The van der Waals surface area contributed by atoms with Crippen LogP contribution in [0.3, 0.4) is 0 Å². The number of carbonyl (C=O) groups excluding carboxylic acids is 4. The number of nitrogens with zero attached hydrogens (tertiary/aromatic N) is 3. The first-order chi connectivity index (χ1) is 17.2. The standard InChI is InChI=1S/C24H28ClN7O4.ClH/c1-32(2)24(36)13-3-5-17(29-22(34)23(35)31-20-6-4-16(25)12-28-20)18(7-13)30-21(33)19-8-14-9-26-10-15(14)11-27-19;/h4,6,8,11-13,17-18,26H,3,5,7,9-10H2,1-2H3,(H,29,34)(H,30,33)(H,28,31,35);1H/t13-,17-,18+;/m0./s1. The number of aromatic nitrogens is 2. The van der Waals surface area contributed by atoms with Crippen molar-refractivity contribution in [3.05, 3.63) is 52.4 Å². The molecule has 4 N–H and O–H groups in total. The minimum Gasteiger partial charge on any atom is -0.349 e. The maximum atomic E-state index is 13.1. The molecular formula is C24H29Cl2N7O4. The van der Waals surface area contributed by atoms with Crippen molar-refractivity contribution in [2.45, 2.75) is 44.4 Å². The first kappa shape index (κ1) is 28.3. The quantitative estimate of drug-likeness (QED) is 0.410. The Morgan fingerprint density at radius 1 is 0.973 bits per heavy atom. The van der Waals surface area contributed by atoms with E-state index in [1.807, 2.05) is 0 Å². The minimum atomic E-state index is -0.894. The number of fused-ring (bicyclic) bond motifs is 1. The number of nitrogens with one attached hydrogen (secondary N) is 4. The highest BCUT2D eigenvalue weighted by Gasteiger charge is 2.37. The molecule has 3 atom stereocenters. The molecule has 1 aliphatic heterocycles. The predicted molar refractivity (Wildman–Crippen MR) is 139 cm³/mol. The van der Waals surface area contributed by atoms with Crippen LogP contribution in [-0.4, -0.2) is 64.7 Å². The summed E-state index contributed by atoms with van der Waals surface area (Å²) in [5, 5.41) is 11.7. The summed E-state index contributed by atoms with van der Waals surface area (Å²) < 4.78 is 0. The zero-order valence-electron chi connectivity index (χ0n) is 20.4. The number of anilines is 1. The molecule has 0 bridgehead atoms. The molecular weight excluding hydrogens is 521 g/mol. The lowest BCUT2D eigenvalue weighted by Crippen LogP contribution is -2.57. The Bertz CT molecular complexity index is 1180. The third kappa shape index (κ3) is 6.94. The van der Waals surface area contributed by atoms with Gasteiger partial charge < -0.3 is 26.2 Å². The first-order valence-corrected chi connectivity index (χ1v) is 12.0. The molecule has 198 valence electrons. The maximum Gasteiger partial charge on any atom is 0.314 e. The number of pyridine rings is 2. The van der Waals surface area contributed by atoms with E-state index in [0.29, 0.717) is 37.4 Å².